The van der Waals surface area contributed by atoms with Crippen LogP contribution in [0.4, 0.5) is 0 Å². The normalized spacial score (nSPS) is 11.7. The molecule has 0 unspecified atom stereocenters. The van der Waals surface area contributed by atoms with Crippen LogP contribution in [-0.4, -0.2) is 26.6 Å². The van der Waals surface area contributed by atoms with Crippen molar-refractivity contribution in [1.29, 1.82) is 0 Å². The summed E-state index contributed by atoms with van der Waals surface area (Å²) in [4.78, 5) is 23.6. The maximum absolute atomic E-state index is 12.2. The molecule has 1 rings (SSSR count). The molecule has 1 heterocycles. The average molecular weight is 297 g/mol. The summed E-state index contributed by atoms with van der Waals surface area (Å²) in [6.07, 6.45) is 3.92. The molecule has 0 aliphatic carbocycles. The Morgan fingerprint density at radius 2 is 1.90 bits per heavy atom. The van der Waals surface area contributed by atoms with Gasteiger partial charge in [-0.1, -0.05) is 13.8 Å². The van der Waals surface area contributed by atoms with Crippen molar-refractivity contribution < 1.29 is 9.90 Å². The van der Waals surface area contributed by atoms with Gasteiger partial charge in [-0.15, -0.1) is 0 Å². The monoisotopic (exact) mass is 297 g/mol. The second-order valence-electron chi connectivity index (χ2n) is 5.11. The van der Waals surface area contributed by atoms with Crippen LogP contribution in [0.15, 0.2) is 10.9 Å². The summed E-state index contributed by atoms with van der Waals surface area (Å²) >= 11 is 1.74. The predicted molar refractivity (Wildman–Crippen MR) is 84.0 cm³/mol. The molecule has 0 aromatic carbocycles. The Kier molecular flexibility index (Phi) is 5.45. The summed E-state index contributed by atoms with van der Waals surface area (Å²) in [6.45, 7) is 8.14. The minimum Gasteiger partial charge on any atom is -0.478 e. The largest absolute Gasteiger partial charge is 0.478 e. The van der Waals surface area contributed by atoms with Gasteiger partial charge in [-0.2, -0.15) is 11.8 Å². The number of carbonyl (C=O) groups is 1. The Labute approximate surface area is 124 Å². The molecule has 0 saturated heterocycles. The van der Waals surface area contributed by atoms with Crippen molar-refractivity contribution in [3.05, 3.63) is 33.2 Å². The quantitative estimate of drug-likeness (QED) is 0.876. The lowest BCUT2D eigenvalue weighted by atomic mass is 10.0. The van der Waals surface area contributed by atoms with E-state index in [0.29, 0.717) is 17.8 Å². The minimum absolute atomic E-state index is 0.0282. The van der Waals surface area contributed by atoms with Crippen LogP contribution in [0.3, 0.4) is 0 Å². The van der Waals surface area contributed by atoms with Crippen LogP contribution >= 0.6 is 11.8 Å². The first-order valence-electron chi connectivity index (χ1n) is 6.81. The highest BCUT2D eigenvalue weighted by atomic mass is 32.2. The molecule has 20 heavy (non-hydrogen) atoms. The Balaban J connectivity index is 3.43. The van der Waals surface area contributed by atoms with E-state index in [1.54, 1.807) is 30.2 Å². The topological polar surface area (TPSA) is 59.3 Å². The van der Waals surface area contributed by atoms with E-state index < -0.39 is 5.97 Å². The molecule has 112 valence electrons. The van der Waals surface area contributed by atoms with E-state index in [1.165, 1.54) is 6.07 Å². The molecular formula is C15H23NO3S. The van der Waals surface area contributed by atoms with Gasteiger partial charge in [0.25, 0.3) is 5.56 Å². The van der Waals surface area contributed by atoms with Crippen LogP contribution in [0.2, 0.25) is 0 Å². The van der Waals surface area contributed by atoms with Gasteiger partial charge in [-0.3, -0.25) is 4.79 Å². The Hall–Kier alpha value is -1.23. The van der Waals surface area contributed by atoms with Crippen molar-refractivity contribution >= 4 is 17.7 Å². The summed E-state index contributed by atoms with van der Waals surface area (Å²) < 4.78 is 1.58. The summed E-state index contributed by atoms with van der Waals surface area (Å²) in [7, 11) is 0. The number of hydrogen-bond acceptors (Lipinski definition) is 3. The third kappa shape index (κ3) is 3.08. The van der Waals surface area contributed by atoms with Crippen molar-refractivity contribution in [2.45, 2.75) is 51.8 Å². The lowest BCUT2D eigenvalue weighted by Crippen LogP contribution is -2.36. The Morgan fingerprint density at radius 1 is 1.35 bits per heavy atom. The first-order valence-corrected chi connectivity index (χ1v) is 8.03. The van der Waals surface area contributed by atoms with Crippen molar-refractivity contribution in [2.75, 3.05) is 6.26 Å². The van der Waals surface area contributed by atoms with E-state index in [4.69, 9.17) is 0 Å². The number of aromatic carboxylic acids is 1. The number of hydrogen-bond donors (Lipinski definition) is 1. The number of thioether (sulfide) groups is 1. The number of pyridine rings is 1. The molecule has 0 amide bonds. The standard InChI is InChI=1S/C15H23NO3S/c1-6-15(7-2,20-5)9-16-11(4)13(14(18)19)10(3)8-12(16)17/h8H,6-7,9H2,1-5H3,(H,18,19). The van der Waals surface area contributed by atoms with Gasteiger partial charge in [0.05, 0.1) is 5.56 Å². The molecule has 0 bridgehead atoms. The molecule has 1 aromatic heterocycles. The first kappa shape index (κ1) is 16.8. The summed E-state index contributed by atoms with van der Waals surface area (Å²) in [6, 6.07) is 1.42. The highest BCUT2D eigenvalue weighted by Crippen LogP contribution is 2.32. The van der Waals surface area contributed by atoms with Crippen LogP contribution in [-0.2, 0) is 6.54 Å². The smallest absolute Gasteiger partial charge is 0.337 e. The molecule has 0 spiro atoms. The second-order valence-corrected chi connectivity index (χ2v) is 6.39. The highest BCUT2D eigenvalue weighted by Gasteiger charge is 2.27. The molecule has 1 N–H and O–H groups in total. The minimum atomic E-state index is -0.975. The fraction of sp³-hybridized carbons (Fsp3) is 0.600. The van der Waals surface area contributed by atoms with Crippen molar-refractivity contribution in [1.82, 2.24) is 4.57 Å². The van der Waals surface area contributed by atoms with Gasteiger partial charge in [-0.05, 0) is 38.5 Å². The predicted octanol–water partition coefficient (Wildman–Crippen LogP) is 3.09. The van der Waals surface area contributed by atoms with Gasteiger partial charge in [0.2, 0.25) is 0 Å². The number of aryl methyl sites for hydroxylation is 1. The number of rotatable bonds is 6. The molecule has 4 nitrogen and oxygen atoms in total. The summed E-state index contributed by atoms with van der Waals surface area (Å²) in [5, 5.41) is 9.31. The van der Waals surface area contributed by atoms with Gasteiger partial charge in [0.15, 0.2) is 0 Å². The molecule has 0 aliphatic rings. The van der Waals surface area contributed by atoms with E-state index in [-0.39, 0.29) is 15.9 Å². The van der Waals surface area contributed by atoms with E-state index in [1.807, 2.05) is 6.26 Å². The Morgan fingerprint density at radius 3 is 2.30 bits per heavy atom. The Bertz CT molecular complexity index is 551. The van der Waals surface area contributed by atoms with Gasteiger partial charge >= 0.3 is 5.97 Å². The molecule has 1 aromatic rings. The molecular weight excluding hydrogens is 274 g/mol. The molecule has 0 atom stereocenters. The van der Waals surface area contributed by atoms with E-state index >= 15 is 0 Å². The van der Waals surface area contributed by atoms with Gasteiger partial charge in [0.1, 0.15) is 0 Å². The molecule has 5 heteroatoms. The van der Waals surface area contributed by atoms with Crippen LogP contribution in [0.25, 0.3) is 0 Å². The van der Waals surface area contributed by atoms with Crippen molar-refractivity contribution in [3.63, 3.8) is 0 Å². The fourth-order valence-corrected chi connectivity index (χ4v) is 3.39. The molecule has 0 saturated carbocycles. The third-order valence-electron chi connectivity index (χ3n) is 4.15. The molecule has 0 aliphatic heterocycles. The summed E-state index contributed by atoms with van der Waals surface area (Å²) in [5.74, 6) is -0.975. The van der Waals surface area contributed by atoms with Crippen LogP contribution in [0.1, 0.15) is 48.3 Å². The van der Waals surface area contributed by atoms with Crippen molar-refractivity contribution in [2.24, 2.45) is 0 Å². The van der Waals surface area contributed by atoms with Crippen LogP contribution in [0.5, 0.6) is 0 Å². The molecule has 0 radical (unpaired) electrons. The van der Waals surface area contributed by atoms with Crippen molar-refractivity contribution in [3.8, 4) is 0 Å². The third-order valence-corrected chi connectivity index (χ3v) is 5.72. The zero-order valence-corrected chi connectivity index (χ0v) is 13.6. The van der Waals surface area contributed by atoms with Crippen LogP contribution < -0.4 is 5.56 Å². The number of aromatic nitrogens is 1. The molecule has 0 fully saturated rings. The lowest BCUT2D eigenvalue weighted by Gasteiger charge is -2.31. The first-order chi connectivity index (χ1) is 9.31. The fourth-order valence-electron chi connectivity index (χ4n) is 2.56. The zero-order chi connectivity index (χ0) is 15.5. The average Bonchev–Trinajstić information content (AvgIpc) is 2.39. The maximum atomic E-state index is 12.2. The summed E-state index contributed by atoms with van der Waals surface area (Å²) in [5.41, 5.74) is 1.19. The maximum Gasteiger partial charge on any atom is 0.337 e. The second kappa shape index (κ2) is 6.48. The van der Waals surface area contributed by atoms with Gasteiger partial charge in [-0.25, -0.2) is 4.79 Å². The van der Waals surface area contributed by atoms with Crippen LogP contribution in [0, 0.1) is 13.8 Å². The number of carboxylic acid groups (broad SMARTS) is 1. The number of carboxylic acids is 1. The highest BCUT2D eigenvalue weighted by molar-refractivity contribution is 8.00. The van der Waals surface area contributed by atoms with E-state index in [0.717, 1.165) is 12.8 Å². The zero-order valence-electron chi connectivity index (χ0n) is 12.8. The SMILES string of the molecule is CCC(CC)(Cn1c(C)c(C(=O)O)c(C)cc1=O)SC. The van der Waals surface area contributed by atoms with Gasteiger partial charge < -0.3 is 9.67 Å². The van der Waals surface area contributed by atoms with E-state index in [2.05, 4.69) is 13.8 Å². The lowest BCUT2D eigenvalue weighted by molar-refractivity contribution is 0.0694. The van der Waals surface area contributed by atoms with E-state index in [9.17, 15) is 14.7 Å². The van der Waals surface area contributed by atoms with Gasteiger partial charge in [0, 0.05) is 23.1 Å². The number of nitrogens with zero attached hydrogens (tertiary/aromatic N) is 1.